The number of benzene rings is 1. The van der Waals surface area contributed by atoms with Crippen molar-refractivity contribution in [3.8, 4) is 0 Å². The summed E-state index contributed by atoms with van der Waals surface area (Å²) >= 11 is 3.45. The topological polar surface area (TPSA) is 38.3 Å². The van der Waals surface area contributed by atoms with Gasteiger partial charge in [-0.1, -0.05) is 28.1 Å². The average Bonchev–Trinajstić information content (AvgIpc) is 2.25. The van der Waals surface area contributed by atoms with Crippen LogP contribution in [-0.4, -0.2) is 19.6 Å². The van der Waals surface area contributed by atoms with Crippen LogP contribution in [0.5, 0.6) is 0 Å². The fraction of sp³-hybridized carbons (Fsp3) is 0.417. The van der Waals surface area contributed by atoms with Gasteiger partial charge in [0.25, 0.3) is 0 Å². The summed E-state index contributed by atoms with van der Waals surface area (Å²) in [5.74, 6) is -0.249. The van der Waals surface area contributed by atoms with Crippen molar-refractivity contribution in [2.45, 2.75) is 19.9 Å². The minimum Gasteiger partial charge on any atom is -0.465 e. The fourth-order valence-electron chi connectivity index (χ4n) is 1.43. The Balaban J connectivity index is 2.95. The SMILES string of the molecule is CCOC(=O)C(NC)c1ccc(C)c(Br)c1. The van der Waals surface area contributed by atoms with Crippen molar-refractivity contribution in [1.82, 2.24) is 5.32 Å². The molecule has 0 amide bonds. The van der Waals surface area contributed by atoms with Gasteiger partial charge in [0.05, 0.1) is 6.61 Å². The summed E-state index contributed by atoms with van der Waals surface area (Å²) in [6.07, 6.45) is 0. The summed E-state index contributed by atoms with van der Waals surface area (Å²) in [6.45, 7) is 4.20. The number of carbonyl (C=O) groups excluding carboxylic acids is 1. The number of esters is 1. The van der Waals surface area contributed by atoms with Crippen LogP contribution in [0, 0.1) is 6.92 Å². The third kappa shape index (κ3) is 3.06. The highest BCUT2D eigenvalue weighted by Gasteiger charge is 2.20. The first-order valence-electron chi connectivity index (χ1n) is 5.20. The highest BCUT2D eigenvalue weighted by Crippen LogP contribution is 2.22. The largest absolute Gasteiger partial charge is 0.465 e. The van der Waals surface area contributed by atoms with E-state index in [1.165, 1.54) is 0 Å². The summed E-state index contributed by atoms with van der Waals surface area (Å²) in [7, 11) is 1.75. The highest BCUT2D eigenvalue weighted by atomic mass is 79.9. The number of aryl methyl sites for hydroxylation is 1. The smallest absolute Gasteiger partial charge is 0.327 e. The number of hydrogen-bond acceptors (Lipinski definition) is 3. The first kappa shape index (κ1) is 13.2. The highest BCUT2D eigenvalue weighted by molar-refractivity contribution is 9.10. The zero-order chi connectivity index (χ0) is 12.1. The van der Waals surface area contributed by atoms with Crippen LogP contribution >= 0.6 is 15.9 Å². The lowest BCUT2D eigenvalue weighted by atomic mass is 10.1. The van der Waals surface area contributed by atoms with Crippen molar-refractivity contribution < 1.29 is 9.53 Å². The normalized spacial score (nSPS) is 12.2. The van der Waals surface area contributed by atoms with E-state index in [2.05, 4.69) is 21.2 Å². The van der Waals surface area contributed by atoms with Crippen molar-refractivity contribution in [3.05, 3.63) is 33.8 Å². The number of carbonyl (C=O) groups is 1. The van der Waals surface area contributed by atoms with Crippen LogP contribution in [0.25, 0.3) is 0 Å². The van der Waals surface area contributed by atoms with Gasteiger partial charge in [0, 0.05) is 4.47 Å². The fourth-order valence-corrected chi connectivity index (χ4v) is 1.83. The molecule has 1 N–H and O–H groups in total. The standard InChI is InChI=1S/C12H16BrNO2/c1-4-16-12(15)11(14-3)9-6-5-8(2)10(13)7-9/h5-7,11,14H,4H2,1-3H3. The molecule has 1 unspecified atom stereocenters. The van der Waals surface area contributed by atoms with Crippen LogP contribution in [0.15, 0.2) is 22.7 Å². The number of nitrogens with one attached hydrogen (secondary N) is 1. The Morgan fingerprint density at radius 2 is 2.25 bits per heavy atom. The van der Waals surface area contributed by atoms with Crippen molar-refractivity contribution >= 4 is 21.9 Å². The van der Waals surface area contributed by atoms with Crippen LogP contribution < -0.4 is 5.32 Å². The van der Waals surface area contributed by atoms with Crippen LogP contribution in [0.2, 0.25) is 0 Å². The van der Waals surface area contributed by atoms with E-state index in [1.807, 2.05) is 25.1 Å². The zero-order valence-corrected chi connectivity index (χ0v) is 11.3. The Morgan fingerprint density at radius 1 is 1.56 bits per heavy atom. The van der Waals surface area contributed by atoms with Gasteiger partial charge >= 0.3 is 5.97 Å². The lowest BCUT2D eigenvalue weighted by Crippen LogP contribution is -2.27. The van der Waals surface area contributed by atoms with E-state index in [1.54, 1.807) is 14.0 Å². The second kappa shape index (κ2) is 6.01. The van der Waals surface area contributed by atoms with Gasteiger partial charge < -0.3 is 10.1 Å². The number of hydrogen-bond donors (Lipinski definition) is 1. The molecule has 4 heteroatoms. The maximum atomic E-state index is 11.7. The van der Waals surface area contributed by atoms with Crippen molar-refractivity contribution in [2.24, 2.45) is 0 Å². The molecule has 1 aromatic carbocycles. The molecular formula is C12H16BrNO2. The molecule has 0 fully saturated rings. The van der Waals surface area contributed by atoms with E-state index in [4.69, 9.17) is 4.74 Å². The summed E-state index contributed by atoms with van der Waals surface area (Å²) in [5, 5.41) is 2.95. The second-order valence-corrected chi connectivity index (χ2v) is 4.34. The molecule has 0 aliphatic heterocycles. The molecule has 88 valence electrons. The zero-order valence-electron chi connectivity index (χ0n) is 9.71. The van der Waals surface area contributed by atoms with Crippen LogP contribution in [0.3, 0.4) is 0 Å². The first-order valence-corrected chi connectivity index (χ1v) is 5.99. The van der Waals surface area contributed by atoms with Gasteiger partial charge in [-0.3, -0.25) is 0 Å². The van der Waals surface area contributed by atoms with E-state index >= 15 is 0 Å². The Hall–Kier alpha value is -0.870. The van der Waals surface area contributed by atoms with Gasteiger partial charge in [-0.25, -0.2) is 4.79 Å². The van der Waals surface area contributed by atoms with Crippen LogP contribution in [0.4, 0.5) is 0 Å². The molecular weight excluding hydrogens is 270 g/mol. The Labute approximate surface area is 104 Å². The maximum Gasteiger partial charge on any atom is 0.327 e. The quantitative estimate of drug-likeness (QED) is 0.865. The van der Waals surface area contributed by atoms with E-state index in [-0.39, 0.29) is 5.97 Å². The van der Waals surface area contributed by atoms with Gasteiger partial charge in [-0.15, -0.1) is 0 Å². The van der Waals surface area contributed by atoms with Gasteiger partial charge in [-0.05, 0) is 38.1 Å². The predicted molar refractivity (Wildman–Crippen MR) is 67.3 cm³/mol. The van der Waals surface area contributed by atoms with Crippen molar-refractivity contribution in [3.63, 3.8) is 0 Å². The molecule has 0 aliphatic carbocycles. The third-order valence-corrected chi connectivity index (χ3v) is 3.19. The minimum atomic E-state index is -0.406. The lowest BCUT2D eigenvalue weighted by Gasteiger charge is -2.15. The van der Waals surface area contributed by atoms with Crippen molar-refractivity contribution in [1.29, 1.82) is 0 Å². The molecule has 0 spiro atoms. The molecule has 0 aromatic heterocycles. The average molecular weight is 286 g/mol. The van der Waals surface area contributed by atoms with E-state index < -0.39 is 6.04 Å². The van der Waals surface area contributed by atoms with Crippen molar-refractivity contribution in [2.75, 3.05) is 13.7 Å². The van der Waals surface area contributed by atoms with E-state index in [0.29, 0.717) is 6.61 Å². The van der Waals surface area contributed by atoms with E-state index in [0.717, 1.165) is 15.6 Å². The predicted octanol–water partition coefficient (Wildman–Crippen LogP) is 2.58. The van der Waals surface area contributed by atoms with Crippen LogP contribution in [-0.2, 0) is 9.53 Å². The van der Waals surface area contributed by atoms with Crippen LogP contribution in [0.1, 0.15) is 24.1 Å². The monoisotopic (exact) mass is 285 g/mol. The maximum absolute atomic E-state index is 11.7. The van der Waals surface area contributed by atoms with Gasteiger partial charge in [0.1, 0.15) is 6.04 Å². The Morgan fingerprint density at radius 3 is 2.75 bits per heavy atom. The van der Waals surface area contributed by atoms with Gasteiger partial charge in [-0.2, -0.15) is 0 Å². The summed E-state index contributed by atoms with van der Waals surface area (Å²) in [4.78, 5) is 11.7. The molecule has 0 radical (unpaired) electrons. The summed E-state index contributed by atoms with van der Waals surface area (Å²) in [6, 6.07) is 5.44. The minimum absolute atomic E-state index is 0.249. The first-order chi connectivity index (χ1) is 7.60. The number of ether oxygens (including phenoxy) is 1. The molecule has 1 atom stereocenters. The number of likely N-dealkylation sites (N-methyl/N-ethyl adjacent to an activating group) is 1. The molecule has 1 rings (SSSR count). The molecule has 0 saturated carbocycles. The molecule has 3 nitrogen and oxygen atoms in total. The Kier molecular flexibility index (Phi) is 4.96. The number of halogens is 1. The second-order valence-electron chi connectivity index (χ2n) is 3.48. The van der Waals surface area contributed by atoms with Gasteiger partial charge in [0.2, 0.25) is 0 Å². The molecule has 0 saturated heterocycles. The lowest BCUT2D eigenvalue weighted by molar-refractivity contribution is -0.145. The molecule has 1 aromatic rings. The summed E-state index contributed by atoms with van der Waals surface area (Å²) in [5.41, 5.74) is 2.04. The number of rotatable bonds is 4. The molecule has 0 heterocycles. The van der Waals surface area contributed by atoms with Gasteiger partial charge in [0.15, 0.2) is 0 Å². The molecule has 0 aliphatic rings. The Bertz CT molecular complexity index is 379. The molecule has 0 bridgehead atoms. The third-order valence-electron chi connectivity index (χ3n) is 2.34. The molecule has 16 heavy (non-hydrogen) atoms. The van der Waals surface area contributed by atoms with E-state index in [9.17, 15) is 4.79 Å². The summed E-state index contributed by atoms with van der Waals surface area (Å²) < 4.78 is 6.00.